The molecule has 1 rings (SSSR count). The number of sulfonamides is 1. The fourth-order valence-electron chi connectivity index (χ4n) is 1.18. The second-order valence-corrected chi connectivity index (χ2v) is 5.85. The zero-order chi connectivity index (χ0) is 9.35. The van der Waals surface area contributed by atoms with Crippen molar-refractivity contribution in [3.63, 3.8) is 0 Å². The molecule has 0 amide bonds. The standard InChI is InChI=1S/C7H13NO2S2/c1-6-7(11-3)4-5-8(2)12(6,9)10/h4-5H2,1-3H3. The Balaban J connectivity index is 3.16. The molecule has 0 aromatic carbocycles. The molecule has 5 heteroatoms. The van der Waals surface area contributed by atoms with Crippen LogP contribution in [0.4, 0.5) is 0 Å². The Labute approximate surface area is 77.9 Å². The predicted molar refractivity (Wildman–Crippen MR) is 52.4 cm³/mol. The Kier molecular flexibility index (Phi) is 2.85. The largest absolute Gasteiger partial charge is 0.239 e. The van der Waals surface area contributed by atoms with Gasteiger partial charge in [0, 0.05) is 18.5 Å². The van der Waals surface area contributed by atoms with Gasteiger partial charge >= 0.3 is 0 Å². The van der Waals surface area contributed by atoms with Crippen LogP contribution in [0.5, 0.6) is 0 Å². The molecule has 0 saturated heterocycles. The van der Waals surface area contributed by atoms with Crippen molar-refractivity contribution in [2.24, 2.45) is 0 Å². The van der Waals surface area contributed by atoms with Gasteiger partial charge in [-0.15, -0.1) is 11.8 Å². The minimum absolute atomic E-state index is 0.517. The van der Waals surface area contributed by atoms with E-state index in [0.717, 1.165) is 11.3 Å². The SMILES string of the molecule is CSC1=C(C)S(=O)(=O)N(C)CC1. The van der Waals surface area contributed by atoms with Gasteiger partial charge < -0.3 is 0 Å². The van der Waals surface area contributed by atoms with Crippen LogP contribution in [0.2, 0.25) is 0 Å². The maximum absolute atomic E-state index is 11.5. The van der Waals surface area contributed by atoms with Gasteiger partial charge in [0.05, 0.1) is 4.91 Å². The summed E-state index contributed by atoms with van der Waals surface area (Å²) in [6.07, 6.45) is 2.77. The van der Waals surface area contributed by atoms with Gasteiger partial charge in [-0.1, -0.05) is 0 Å². The maximum Gasteiger partial charge on any atom is 0.239 e. The van der Waals surface area contributed by atoms with Crippen molar-refractivity contribution in [2.45, 2.75) is 13.3 Å². The Morgan fingerprint density at radius 2 is 2.08 bits per heavy atom. The first-order valence-corrected chi connectivity index (χ1v) is 6.36. The molecular weight excluding hydrogens is 194 g/mol. The Morgan fingerprint density at radius 3 is 2.58 bits per heavy atom. The van der Waals surface area contributed by atoms with E-state index in [-0.39, 0.29) is 0 Å². The average molecular weight is 207 g/mol. The minimum Gasteiger partial charge on any atom is -0.207 e. The van der Waals surface area contributed by atoms with Crippen LogP contribution in [-0.2, 0) is 10.0 Å². The number of hydrogen-bond donors (Lipinski definition) is 0. The molecule has 0 bridgehead atoms. The van der Waals surface area contributed by atoms with Gasteiger partial charge in [0.2, 0.25) is 10.0 Å². The Bertz CT molecular complexity index is 305. The monoisotopic (exact) mass is 207 g/mol. The summed E-state index contributed by atoms with van der Waals surface area (Å²) in [5, 5.41) is 0. The van der Waals surface area contributed by atoms with Gasteiger partial charge in [-0.05, 0) is 19.6 Å². The minimum atomic E-state index is -3.11. The molecule has 0 N–H and O–H groups in total. The van der Waals surface area contributed by atoms with Crippen LogP contribution < -0.4 is 0 Å². The second-order valence-electron chi connectivity index (χ2n) is 2.76. The van der Waals surface area contributed by atoms with E-state index in [2.05, 4.69) is 0 Å². The van der Waals surface area contributed by atoms with E-state index >= 15 is 0 Å². The summed E-state index contributed by atoms with van der Waals surface area (Å²) in [6, 6.07) is 0. The highest BCUT2D eigenvalue weighted by molar-refractivity contribution is 8.03. The highest BCUT2D eigenvalue weighted by atomic mass is 32.2. The molecule has 0 saturated carbocycles. The summed E-state index contributed by atoms with van der Waals surface area (Å²) in [4.78, 5) is 1.51. The number of allylic oxidation sites excluding steroid dienone is 1. The Hall–Kier alpha value is -0.0000000000000000763. The molecule has 0 radical (unpaired) electrons. The van der Waals surface area contributed by atoms with E-state index in [1.54, 1.807) is 14.0 Å². The summed E-state index contributed by atoms with van der Waals surface area (Å²) in [5.41, 5.74) is 0. The zero-order valence-corrected chi connectivity index (χ0v) is 9.13. The number of nitrogens with zero attached hydrogens (tertiary/aromatic N) is 1. The van der Waals surface area contributed by atoms with Gasteiger partial charge in [-0.3, -0.25) is 0 Å². The Morgan fingerprint density at radius 1 is 1.50 bits per heavy atom. The van der Waals surface area contributed by atoms with Gasteiger partial charge in [-0.25, -0.2) is 12.7 Å². The summed E-state index contributed by atoms with van der Waals surface area (Å²) in [7, 11) is -1.49. The molecule has 1 aliphatic rings. The molecule has 0 aromatic heterocycles. The third kappa shape index (κ3) is 1.53. The van der Waals surface area contributed by atoms with Gasteiger partial charge in [0.25, 0.3) is 0 Å². The lowest BCUT2D eigenvalue weighted by molar-refractivity contribution is 0.472. The molecule has 1 heterocycles. The molecule has 3 nitrogen and oxygen atoms in total. The third-order valence-corrected chi connectivity index (χ3v) is 5.25. The van der Waals surface area contributed by atoms with Gasteiger partial charge in [-0.2, -0.15) is 0 Å². The first-order chi connectivity index (χ1) is 5.50. The van der Waals surface area contributed by atoms with Crippen molar-refractivity contribution in [1.29, 1.82) is 0 Å². The van der Waals surface area contributed by atoms with E-state index < -0.39 is 10.0 Å². The maximum atomic E-state index is 11.5. The topological polar surface area (TPSA) is 37.4 Å². The van der Waals surface area contributed by atoms with Crippen LogP contribution in [0.15, 0.2) is 9.81 Å². The molecule has 0 fully saturated rings. The lowest BCUT2D eigenvalue weighted by Gasteiger charge is -2.24. The highest BCUT2D eigenvalue weighted by Gasteiger charge is 2.27. The lowest BCUT2D eigenvalue weighted by atomic mass is 10.4. The summed E-state index contributed by atoms with van der Waals surface area (Å²) in [5.74, 6) is 0. The van der Waals surface area contributed by atoms with Crippen LogP contribution in [-0.4, -0.2) is 32.6 Å². The zero-order valence-electron chi connectivity index (χ0n) is 7.49. The molecule has 12 heavy (non-hydrogen) atoms. The van der Waals surface area contributed by atoms with Gasteiger partial charge in [0.1, 0.15) is 0 Å². The first kappa shape index (κ1) is 10.1. The van der Waals surface area contributed by atoms with Crippen molar-refractivity contribution in [3.8, 4) is 0 Å². The van der Waals surface area contributed by atoms with E-state index in [1.807, 2.05) is 6.26 Å². The highest BCUT2D eigenvalue weighted by Crippen LogP contribution is 2.30. The molecule has 70 valence electrons. The van der Waals surface area contributed by atoms with Crippen molar-refractivity contribution in [3.05, 3.63) is 9.81 Å². The van der Waals surface area contributed by atoms with Crippen molar-refractivity contribution in [2.75, 3.05) is 19.8 Å². The molecule has 0 unspecified atom stereocenters. The normalized spacial score (nSPS) is 24.6. The summed E-state index contributed by atoms with van der Waals surface area (Å²) in [6.45, 7) is 2.28. The quantitative estimate of drug-likeness (QED) is 0.649. The van der Waals surface area contributed by atoms with Crippen molar-refractivity contribution < 1.29 is 8.42 Å². The second kappa shape index (κ2) is 3.40. The van der Waals surface area contributed by atoms with Crippen LogP contribution in [0, 0.1) is 0 Å². The van der Waals surface area contributed by atoms with E-state index in [0.29, 0.717) is 11.4 Å². The molecule has 0 atom stereocenters. The molecular formula is C7H13NO2S2. The lowest BCUT2D eigenvalue weighted by Crippen LogP contribution is -2.32. The smallest absolute Gasteiger partial charge is 0.207 e. The number of rotatable bonds is 1. The van der Waals surface area contributed by atoms with Crippen molar-refractivity contribution in [1.82, 2.24) is 4.31 Å². The van der Waals surface area contributed by atoms with Crippen LogP contribution >= 0.6 is 11.8 Å². The van der Waals surface area contributed by atoms with Crippen LogP contribution in [0.25, 0.3) is 0 Å². The fourth-order valence-corrected chi connectivity index (χ4v) is 3.52. The number of hydrogen-bond acceptors (Lipinski definition) is 3. The van der Waals surface area contributed by atoms with Crippen LogP contribution in [0.1, 0.15) is 13.3 Å². The van der Waals surface area contributed by atoms with E-state index in [9.17, 15) is 8.42 Å². The van der Waals surface area contributed by atoms with Crippen LogP contribution in [0.3, 0.4) is 0 Å². The third-order valence-electron chi connectivity index (χ3n) is 2.09. The predicted octanol–water partition coefficient (Wildman–Crippen LogP) is 1.25. The molecule has 0 aromatic rings. The first-order valence-electron chi connectivity index (χ1n) is 3.70. The van der Waals surface area contributed by atoms with Gasteiger partial charge in [0.15, 0.2) is 0 Å². The molecule has 1 aliphatic heterocycles. The van der Waals surface area contributed by atoms with Crippen molar-refractivity contribution >= 4 is 21.8 Å². The summed E-state index contributed by atoms with van der Waals surface area (Å²) >= 11 is 1.53. The average Bonchev–Trinajstić information content (AvgIpc) is 2.02. The van der Waals surface area contributed by atoms with E-state index in [4.69, 9.17) is 0 Å². The number of thioether (sulfide) groups is 1. The molecule has 0 spiro atoms. The summed E-state index contributed by atoms with van der Waals surface area (Å²) < 4.78 is 24.5. The van der Waals surface area contributed by atoms with E-state index in [1.165, 1.54) is 16.1 Å². The molecule has 0 aliphatic carbocycles. The fraction of sp³-hybridized carbons (Fsp3) is 0.714.